The van der Waals surface area contributed by atoms with Crippen LogP contribution in [0, 0.1) is 0 Å². The Hall–Kier alpha value is -6.16. The summed E-state index contributed by atoms with van der Waals surface area (Å²) in [5.74, 6) is 0. The maximum absolute atomic E-state index is 5.34. The summed E-state index contributed by atoms with van der Waals surface area (Å²) in [5, 5.41) is 3.74. The third-order valence-electron chi connectivity index (χ3n) is 11.7. The van der Waals surface area contributed by atoms with Crippen molar-refractivity contribution in [2.45, 2.75) is 34.2 Å². The van der Waals surface area contributed by atoms with Crippen molar-refractivity contribution in [3.63, 3.8) is 0 Å². The Balaban J connectivity index is 0.978. The minimum atomic E-state index is -0.303. The van der Waals surface area contributed by atoms with Crippen molar-refractivity contribution in [1.82, 2.24) is 0 Å². The lowest BCUT2D eigenvalue weighted by Crippen LogP contribution is -2.32. The number of nitrogens with one attached hydrogen (secondary N) is 1. The topological polar surface area (TPSA) is 24.4 Å². The molecule has 2 unspecified atom stereocenters. The Kier molecular flexibility index (Phi) is 7.25. The van der Waals surface area contributed by atoms with Crippen molar-refractivity contribution in [3.8, 4) is 22.3 Å². The maximum Gasteiger partial charge on any atom is 0.146 e. The van der Waals surface area contributed by atoms with Gasteiger partial charge in [-0.15, -0.1) is 0 Å². The van der Waals surface area contributed by atoms with Gasteiger partial charge in [-0.1, -0.05) is 176 Å². The Morgan fingerprint density at radius 3 is 2.07 bits per heavy atom. The fourth-order valence-corrected chi connectivity index (χ4v) is 10.6. The first-order chi connectivity index (χ1) is 26.8. The molecule has 0 saturated heterocycles. The van der Waals surface area contributed by atoms with Gasteiger partial charge in [0.1, 0.15) is 6.17 Å². The lowest BCUT2D eigenvalue weighted by molar-refractivity contribution is 0.713. The van der Waals surface area contributed by atoms with Crippen LogP contribution in [0.5, 0.6) is 0 Å². The van der Waals surface area contributed by atoms with Gasteiger partial charge in [0.25, 0.3) is 0 Å². The number of hydrogen-bond donors (Lipinski definition) is 1. The van der Waals surface area contributed by atoms with E-state index in [9.17, 15) is 0 Å². The molecule has 1 spiro atoms. The SMILES string of the molecule is C1=CC2=C(CC1)c1ccccc1C21c2ccccc2Sc2cc(-c3ccc(-c4ccccc4C4N=C(c5ccccc5)c5ccccc5N4)cc3)ccc21. The van der Waals surface area contributed by atoms with Gasteiger partial charge in [0.2, 0.25) is 0 Å². The van der Waals surface area contributed by atoms with Crippen LogP contribution in [-0.4, -0.2) is 5.71 Å². The van der Waals surface area contributed by atoms with E-state index < -0.39 is 0 Å². The fraction of sp³-hybridized carbons (Fsp3) is 0.0784. The van der Waals surface area contributed by atoms with Crippen LogP contribution in [0.3, 0.4) is 0 Å². The Labute approximate surface area is 320 Å². The summed E-state index contributed by atoms with van der Waals surface area (Å²) in [6, 6.07) is 62.2. The highest BCUT2D eigenvalue weighted by atomic mass is 32.2. The highest BCUT2D eigenvalue weighted by Gasteiger charge is 2.50. The zero-order valence-electron chi connectivity index (χ0n) is 29.7. The van der Waals surface area contributed by atoms with Crippen LogP contribution < -0.4 is 5.32 Å². The molecule has 54 heavy (non-hydrogen) atoms. The zero-order chi connectivity index (χ0) is 35.6. The third-order valence-corrected chi connectivity index (χ3v) is 12.8. The van der Waals surface area contributed by atoms with Crippen molar-refractivity contribution >= 4 is 28.7 Å². The van der Waals surface area contributed by atoms with Gasteiger partial charge in [-0.3, -0.25) is 4.99 Å². The second-order valence-electron chi connectivity index (χ2n) is 14.5. The van der Waals surface area contributed by atoms with Crippen LogP contribution in [0.4, 0.5) is 5.69 Å². The molecule has 256 valence electrons. The average Bonchev–Trinajstić information content (AvgIpc) is 3.54. The van der Waals surface area contributed by atoms with E-state index in [4.69, 9.17) is 4.99 Å². The molecule has 2 nitrogen and oxygen atoms in total. The highest BCUT2D eigenvalue weighted by molar-refractivity contribution is 7.99. The summed E-state index contributed by atoms with van der Waals surface area (Å²) in [7, 11) is 0. The maximum atomic E-state index is 5.34. The summed E-state index contributed by atoms with van der Waals surface area (Å²) >= 11 is 1.91. The lowest BCUT2D eigenvalue weighted by atomic mass is 9.66. The normalized spacial score (nSPS) is 18.9. The number of aliphatic imine (C=N–C) groups is 1. The smallest absolute Gasteiger partial charge is 0.146 e. The molecule has 0 radical (unpaired) electrons. The minimum absolute atomic E-state index is 0.214. The van der Waals surface area contributed by atoms with Crippen LogP contribution >= 0.6 is 11.8 Å². The summed E-state index contributed by atoms with van der Waals surface area (Å²) in [6.45, 7) is 0. The van der Waals surface area contributed by atoms with Crippen molar-refractivity contribution in [2.24, 2.45) is 4.99 Å². The number of fused-ring (bicyclic) bond motifs is 9. The molecule has 1 N–H and O–H groups in total. The molecule has 0 aromatic heterocycles. The molecule has 7 aromatic rings. The number of anilines is 1. The van der Waals surface area contributed by atoms with Gasteiger partial charge >= 0.3 is 0 Å². The number of hydrogen-bond acceptors (Lipinski definition) is 3. The molecule has 2 atom stereocenters. The largest absolute Gasteiger partial charge is 0.359 e. The molecule has 7 aromatic carbocycles. The quantitative estimate of drug-likeness (QED) is 0.197. The number of allylic oxidation sites excluding steroid dienone is 4. The van der Waals surface area contributed by atoms with E-state index in [2.05, 4.69) is 187 Å². The van der Waals surface area contributed by atoms with Gasteiger partial charge in [-0.2, -0.15) is 0 Å². The molecule has 4 aliphatic rings. The van der Waals surface area contributed by atoms with Crippen molar-refractivity contribution in [2.75, 3.05) is 5.32 Å². The predicted molar refractivity (Wildman–Crippen MR) is 224 cm³/mol. The van der Waals surface area contributed by atoms with Crippen molar-refractivity contribution in [3.05, 3.63) is 227 Å². The van der Waals surface area contributed by atoms with Gasteiger partial charge in [0.15, 0.2) is 0 Å². The summed E-state index contributed by atoms with van der Waals surface area (Å²) < 4.78 is 0. The van der Waals surface area contributed by atoms with Crippen LogP contribution in [-0.2, 0) is 5.41 Å². The second kappa shape index (κ2) is 12.5. The standard InChI is InChI=1S/C51H36N2S/c1-2-14-35(15-3-1)49-41-20-8-12-24-46(41)52-50(53-49)40-19-5-4-16-37(40)34-28-26-33(27-29-34)36-30-31-45-48(32-36)54-47-25-13-11-23-44(47)51(45)42-21-9-6-17-38(42)39-18-7-10-22-43(39)51/h1-6,8-17,19-32,50,52H,7,18H2. The van der Waals surface area contributed by atoms with E-state index in [0.29, 0.717) is 0 Å². The summed E-state index contributed by atoms with van der Waals surface area (Å²) in [5.41, 5.74) is 18.6. The molecule has 0 bridgehead atoms. The fourth-order valence-electron chi connectivity index (χ4n) is 9.33. The van der Waals surface area contributed by atoms with Crippen LogP contribution in [0.2, 0.25) is 0 Å². The van der Waals surface area contributed by atoms with Gasteiger partial charge < -0.3 is 5.32 Å². The first-order valence-electron chi connectivity index (χ1n) is 18.9. The van der Waals surface area contributed by atoms with Crippen LogP contribution in [0.1, 0.15) is 58.0 Å². The van der Waals surface area contributed by atoms with E-state index in [1.165, 1.54) is 65.4 Å². The number of benzene rings is 7. The molecule has 2 heterocycles. The molecular weight excluding hydrogens is 673 g/mol. The minimum Gasteiger partial charge on any atom is -0.359 e. The number of para-hydroxylation sites is 1. The van der Waals surface area contributed by atoms with Gasteiger partial charge in [0, 0.05) is 32.2 Å². The number of nitrogens with zero attached hydrogens (tertiary/aromatic N) is 1. The van der Waals surface area contributed by atoms with E-state index in [0.717, 1.165) is 40.9 Å². The monoisotopic (exact) mass is 708 g/mol. The third kappa shape index (κ3) is 4.71. The molecular formula is C51H36N2S. The summed E-state index contributed by atoms with van der Waals surface area (Å²) in [4.78, 5) is 8.01. The highest BCUT2D eigenvalue weighted by Crippen LogP contribution is 2.62. The van der Waals surface area contributed by atoms with E-state index >= 15 is 0 Å². The molecule has 0 amide bonds. The number of rotatable bonds is 4. The first-order valence-corrected chi connectivity index (χ1v) is 19.7. The van der Waals surface area contributed by atoms with Gasteiger partial charge in [0.05, 0.1) is 11.1 Å². The zero-order valence-corrected chi connectivity index (χ0v) is 30.5. The van der Waals surface area contributed by atoms with Crippen molar-refractivity contribution in [1.29, 1.82) is 0 Å². The Morgan fingerprint density at radius 1 is 0.537 bits per heavy atom. The Bertz CT molecular complexity index is 2720. The molecule has 2 aliphatic heterocycles. The second-order valence-corrected chi connectivity index (χ2v) is 15.6. The molecule has 3 heteroatoms. The molecule has 11 rings (SSSR count). The average molecular weight is 709 g/mol. The van der Waals surface area contributed by atoms with Crippen LogP contribution in [0.15, 0.2) is 202 Å². The van der Waals surface area contributed by atoms with Gasteiger partial charge in [-0.05, 0) is 86.7 Å². The van der Waals surface area contributed by atoms with E-state index in [1.807, 2.05) is 11.8 Å². The molecule has 0 fully saturated rings. The lowest BCUT2D eigenvalue weighted by Gasteiger charge is -2.41. The van der Waals surface area contributed by atoms with Gasteiger partial charge in [-0.25, -0.2) is 0 Å². The Morgan fingerprint density at radius 2 is 1.20 bits per heavy atom. The first kappa shape index (κ1) is 31.4. The predicted octanol–water partition coefficient (Wildman–Crippen LogP) is 12.9. The van der Waals surface area contributed by atoms with E-state index in [1.54, 1.807) is 0 Å². The molecule has 0 saturated carbocycles. The molecule has 2 aliphatic carbocycles. The van der Waals surface area contributed by atoms with Crippen molar-refractivity contribution < 1.29 is 0 Å². The van der Waals surface area contributed by atoms with E-state index in [-0.39, 0.29) is 11.6 Å². The summed E-state index contributed by atoms with van der Waals surface area (Å²) in [6.07, 6.45) is 6.78. The van der Waals surface area contributed by atoms with Crippen LogP contribution in [0.25, 0.3) is 27.8 Å².